The molecule has 0 bridgehead atoms. The van der Waals surface area contributed by atoms with Crippen molar-refractivity contribution in [2.45, 2.75) is 129 Å². The van der Waals surface area contributed by atoms with Gasteiger partial charge in [-0.25, -0.2) is 0 Å². The van der Waals surface area contributed by atoms with Crippen molar-refractivity contribution in [2.75, 3.05) is 6.54 Å². The Morgan fingerprint density at radius 2 is 1.19 bits per heavy atom. The average Bonchev–Trinajstić information content (AvgIpc) is 2.55. The van der Waals surface area contributed by atoms with Crippen molar-refractivity contribution < 1.29 is 4.79 Å². The van der Waals surface area contributed by atoms with Crippen LogP contribution in [0.5, 0.6) is 0 Å². The Hall–Kier alpha value is 0.160. The van der Waals surface area contributed by atoms with Crippen LogP contribution in [0.1, 0.15) is 124 Å². The van der Waals surface area contributed by atoms with Gasteiger partial charge in [-0.2, -0.15) is 0 Å². The lowest BCUT2D eigenvalue weighted by atomic mass is 10.0. The minimum absolute atomic E-state index is 0. The molecule has 158 valence electrons. The van der Waals surface area contributed by atoms with Crippen molar-refractivity contribution in [1.82, 2.24) is 5.32 Å². The van der Waals surface area contributed by atoms with Gasteiger partial charge in [-0.3, -0.25) is 4.79 Å². The smallest absolute Gasteiger partial charge is 0.219 e. The molecule has 0 saturated carbocycles. The third-order valence-electron chi connectivity index (χ3n) is 4.83. The van der Waals surface area contributed by atoms with Crippen LogP contribution >= 0.6 is 24.0 Å². The molecule has 3 N–H and O–H groups in total. The van der Waals surface area contributed by atoms with E-state index in [1.54, 1.807) is 0 Å². The summed E-state index contributed by atoms with van der Waals surface area (Å²) in [6.07, 6.45) is 20.1. The van der Waals surface area contributed by atoms with Gasteiger partial charge in [-0.15, -0.1) is 24.0 Å². The minimum Gasteiger partial charge on any atom is -0.356 e. The van der Waals surface area contributed by atoms with Crippen molar-refractivity contribution in [3.63, 3.8) is 0 Å². The van der Waals surface area contributed by atoms with Gasteiger partial charge in [0.2, 0.25) is 5.91 Å². The first-order valence-corrected chi connectivity index (χ1v) is 11.0. The van der Waals surface area contributed by atoms with Crippen LogP contribution in [0.25, 0.3) is 0 Å². The molecule has 0 saturated heterocycles. The van der Waals surface area contributed by atoms with E-state index in [4.69, 9.17) is 5.73 Å². The van der Waals surface area contributed by atoms with Crippen molar-refractivity contribution in [1.29, 1.82) is 0 Å². The number of nitrogens with one attached hydrogen (secondary N) is 1. The summed E-state index contributed by atoms with van der Waals surface area (Å²) in [5, 5.41) is 3.00. The van der Waals surface area contributed by atoms with Gasteiger partial charge < -0.3 is 11.1 Å². The summed E-state index contributed by atoms with van der Waals surface area (Å²) < 4.78 is 0. The molecule has 0 spiro atoms. The number of nitrogens with two attached hydrogens (primary N) is 1. The lowest BCUT2D eigenvalue weighted by Gasteiger charge is -2.17. The van der Waals surface area contributed by atoms with E-state index in [1.165, 1.54) is 77.0 Å². The number of carbonyl (C=O) groups excluding carboxylic acids is 1. The molecule has 0 aromatic heterocycles. The number of amides is 1. The van der Waals surface area contributed by atoms with Crippen LogP contribution in [0.3, 0.4) is 0 Å². The van der Waals surface area contributed by atoms with E-state index in [1.807, 2.05) is 13.8 Å². The minimum atomic E-state index is -0.125. The molecule has 0 unspecified atom stereocenters. The molecule has 0 aliphatic rings. The highest BCUT2D eigenvalue weighted by molar-refractivity contribution is 14.0. The second kappa shape index (κ2) is 19.9. The van der Waals surface area contributed by atoms with E-state index < -0.39 is 0 Å². The monoisotopic (exact) mass is 482 g/mol. The molecule has 4 heteroatoms. The van der Waals surface area contributed by atoms with E-state index in [9.17, 15) is 4.79 Å². The fourth-order valence-electron chi connectivity index (χ4n) is 3.16. The Balaban J connectivity index is 0. The molecule has 3 nitrogen and oxygen atoms in total. The van der Waals surface area contributed by atoms with Crippen LogP contribution in [0.2, 0.25) is 0 Å². The van der Waals surface area contributed by atoms with Gasteiger partial charge in [0.15, 0.2) is 0 Å². The quantitative estimate of drug-likeness (QED) is 0.168. The van der Waals surface area contributed by atoms with Crippen LogP contribution in [-0.4, -0.2) is 18.0 Å². The first-order valence-electron chi connectivity index (χ1n) is 11.0. The topological polar surface area (TPSA) is 55.1 Å². The van der Waals surface area contributed by atoms with Gasteiger partial charge in [0, 0.05) is 18.5 Å². The second-order valence-corrected chi connectivity index (χ2v) is 8.43. The van der Waals surface area contributed by atoms with E-state index in [2.05, 4.69) is 12.2 Å². The number of rotatable bonds is 18. The maximum Gasteiger partial charge on any atom is 0.219 e. The highest BCUT2D eigenvalue weighted by Crippen LogP contribution is 2.13. The van der Waals surface area contributed by atoms with Crippen molar-refractivity contribution in [3.8, 4) is 0 Å². The van der Waals surface area contributed by atoms with Crippen LogP contribution in [0.15, 0.2) is 0 Å². The van der Waals surface area contributed by atoms with Crippen LogP contribution in [0.4, 0.5) is 0 Å². The zero-order chi connectivity index (χ0) is 18.8. The molecular formula is C22H47IN2O. The highest BCUT2D eigenvalue weighted by atomic mass is 127. The molecular weight excluding hydrogens is 435 g/mol. The molecule has 0 aliphatic heterocycles. The van der Waals surface area contributed by atoms with E-state index >= 15 is 0 Å². The lowest BCUT2D eigenvalue weighted by molar-refractivity contribution is -0.121. The maximum atomic E-state index is 11.7. The molecule has 0 fully saturated rings. The molecule has 0 aromatic rings. The lowest BCUT2D eigenvalue weighted by Crippen LogP contribution is -2.33. The van der Waals surface area contributed by atoms with E-state index in [-0.39, 0.29) is 35.4 Å². The van der Waals surface area contributed by atoms with Crippen molar-refractivity contribution >= 4 is 29.9 Å². The Morgan fingerprint density at radius 1 is 0.769 bits per heavy atom. The van der Waals surface area contributed by atoms with Gasteiger partial charge in [0.25, 0.3) is 0 Å². The molecule has 0 rings (SSSR count). The number of hydrogen-bond donors (Lipinski definition) is 2. The maximum absolute atomic E-state index is 11.7. The summed E-state index contributed by atoms with van der Waals surface area (Å²) in [6, 6.07) is 0. The fourth-order valence-corrected chi connectivity index (χ4v) is 3.16. The Kier molecular flexibility index (Phi) is 21.7. The molecule has 0 radical (unpaired) electrons. The molecule has 1 amide bonds. The fraction of sp³-hybridized carbons (Fsp3) is 0.955. The summed E-state index contributed by atoms with van der Waals surface area (Å²) in [7, 11) is 0. The van der Waals surface area contributed by atoms with Crippen molar-refractivity contribution in [3.05, 3.63) is 0 Å². The largest absolute Gasteiger partial charge is 0.356 e. The summed E-state index contributed by atoms with van der Waals surface area (Å²) >= 11 is 0. The predicted molar refractivity (Wildman–Crippen MR) is 126 cm³/mol. The van der Waals surface area contributed by atoms with E-state index in [0.29, 0.717) is 6.42 Å². The van der Waals surface area contributed by atoms with Crippen LogP contribution in [0, 0.1) is 0 Å². The van der Waals surface area contributed by atoms with Gasteiger partial charge in [-0.05, 0) is 33.1 Å². The van der Waals surface area contributed by atoms with Gasteiger partial charge >= 0.3 is 0 Å². The summed E-state index contributed by atoms with van der Waals surface area (Å²) in [4.78, 5) is 11.7. The molecule has 0 aliphatic carbocycles. The first-order chi connectivity index (χ1) is 12.0. The summed E-state index contributed by atoms with van der Waals surface area (Å²) in [5.41, 5.74) is 5.80. The number of hydrogen-bond acceptors (Lipinski definition) is 2. The van der Waals surface area contributed by atoms with Gasteiger partial charge in [-0.1, -0.05) is 84.0 Å². The van der Waals surface area contributed by atoms with Gasteiger partial charge in [0.1, 0.15) is 0 Å². The van der Waals surface area contributed by atoms with Crippen LogP contribution < -0.4 is 11.1 Å². The SMILES string of the molecule is CCCCCCCCCCCCCCCC(=O)NCCCC(C)(C)N.I. The van der Waals surface area contributed by atoms with Crippen molar-refractivity contribution in [2.24, 2.45) is 5.73 Å². The second-order valence-electron chi connectivity index (χ2n) is 8.43. The third-order valence-corrected chi connectivity index (χ3v) is 4.83. The molecule has 0 aromatic carbocycles. The number of halogens is 1. The zero-order valence-corrected chi connectivity index (χ0v) is 20.2. The Labute approximate surface area is 181 Å². The predicted octanol–water partition coefficient (Wildman–Crippen LogP) is 6.72. The van der Waals surface area contributed by atoms with Crippen LogP contribution in [-0.2, 0) is 4.79 Å². The zero-order valence-electron chi connectivity index (χ0n) is 17.9. The average molecular weight is 483 g/mol. The normalized spacial score (nSPS) is 11.2. The standard InChI is InChI=1S/C22H46N2O.HI/c1-4-5-6-7-8-9-10-11-12-13-14-15-16-18-21(25)24-20-17-19-22(2,3)23;/h4-20,23H2,1-3H3,(H,24,25);1H. The summed E-state index contributed by atoms with van der Waals surface area (Å²) in [5.74, 6) is 0.206. The highest BCUT2D eigenvalue weighted by Gasteiger charge is 2.09. The Bertz CT molecular complexity index is 303. The number of carbonyl (C=O) groups is 1. The Morgan fingerprint density at radius 3 is 1.62 bits per heavy atom. The number of unbranched alkanes of at least 4 members (excludes halogenated alkanes) is 12. The third kappa shape index (κ3) is 24.2. The molecule has 26 heavy (non-hydrogen) atoms. The first kappa shape index (κ1) is 28.4. The van der Waals surface area contributed by atoms with Gasteiger partial charge in [0.05, 0.1) is 0 Å². The summed E-state index contributed by atoms with van der Waals surface area (Å²) in [6.45, 7) is 7.10. The molecule has 0 atom stereocenters. The van der Waals surface area contributed by atoms with E-state index in [0.717, 1.165) is 25.8 Å². The molecule has 0 heterocycles.